The van der Waals surface area contributed by atoms with E-state index in [4.69, 9.17) is 26.5 Å². The molecule has 4 heterocycles. The van der Waals surface area contributed by atoms with Crippen LogP contribution >= 0.6 is 11.6 Å². The summed E-state index contributed by atoms with van der Waals surface area (Å²) >= 11 is 6.07. The van der Waals surface area contributed by atoms with Crippen LogP contribution in [0.15, 0.2) is 43.0 Å². The van der Waals surface area contributed by atoms with Crippen molar-refractivity contribution >= 4 is 28.3 Å². The lowest BCUT2D eigenvalue weighted by Crippen LogP contribution is -2.26. The minimum atomic E-state index is -0.865. The predicted molar refractivity (Wildman–Crippen MR) is 137 cm³/mol. The summed E-state index contributed by atoms with van der Waals surface area (Å²) in [4.78, 5) is 8.84. The maximum atomic E-state index is 9.78. The third kappa shape index (κ3) is 5.30. The van der Waals surface area contributed by atoms with Gasteiger partial charge < -0.3 is 20.3 Å². The number of fused-ring (bicyclic) bond motifs is 1. The number of rotatable bonds is 9. The second-order valence-corrected chi connectivity index (χ2v) is 9.49. The fraction of sp³-hybridized carbons (Fsp3) is 0.440. The Morgan fingerprint density at radius 1 is 1.19 bits per heavy atom. The number of nitrogens with zero attached hydrogens (tertiary/aromatic N) is 6. The van der Waals surface area contributed by atoms with Gasteiger partial charge in [0.2, 0.25) is 5.88 Å². The molecule has 11 heteroatoms. The highest BCUT2D eigenvalue weighted by Crippen LogP contribution is 2.36. The van der Waals surface area contributed by atoms with E-state index in [0.717, 1.165) is 60.2 Å². The molecule has 1 fully saturated rings. The molecule has 0 amide bonds. The third-order valence-corrected chi connectivity index (χ3v) is 6.67. The van der Waals surface area contributed by atoms with E-state index in [9.17, 15) is 5.11 Å². The molecule has 10 nitrogen and oxygen atoms in total. The van der Waals surface area contributed by atoms with E-state index in [2.05, 4.69) is 25.1 Å². The lowest BCUT2D eigenvalue weighted by Gasteiger charge is -2.29. The first kappa shape index (κ1) is 24.5. The van der Waals surface area contributed by atoms with Crippen molar-refractivity contribution in [2.75, 3.05) is 18.5 Å². The molecule has 0 aromatic carbocycles. The Labute approximate surface area is 213 Å². The Morgan fingerprint density at radius 3 is 2.78 bits per heavy atom. The van der Waals surface area contributed by atoms with Gasteiger partial charge >= 0.3 is 0 Å². The number of anilines is 1. The third-order valence-electron chi connectivity index (χ3n) is 6.44. The van der Waals surface area contributed by atoms with Crippen LogP contribution in [0.2, 0.25) is 5.02 Å². The van der Waals surface area contributed by atoms with Crippen LogP contribution < -0.4 is 10.1 Å². The summed E-state index contributed by atoms with van der Waals surface area (Å²) < 4.78 is 9.81. The summed E-state index contributed by atoms with van der Waals surface area (Å²) in [6.45, 7) is 2.71. The molecule has 1 atom stereocenters. The van der Waals surface area contributed by atoms with Crippen LogP contribution in [-0.2, 0) is 6.54 Å². The number of halogens is 1. The first-order valence-electron chi connectivity index (χ1n) is 12.3. The van der Waals surface area contributed by atoms with Crippen LogP contribution in [0.3, 0.4) is 0 Å². The first-order valence-corrected chi connectivity index (χ1v) is 12.6. The molecule has 1 saturated carbocycles. The summed E-state index contributed by atoms with van der Waals surface area (Å²) in [7, 11) is 0. The summed E-state index contributed by atoms with van der Waals surface area (Å²) in [5.41, 5.74) is 2.65. The maximum absolute atomic E-state index is 9.78. The average molecular weight is 512 g/mol. The van der Waals surface area contributed by atoms with Crippen LogP contribution in [-0.4, -0.2) is 65.1 Å². The zero-order valence-corrected chi connectivity index (χ0v) is 20.8. The molecular weight excluding hydrogens is 482 g/mol. The molecule has 0 aliphatic heterocycles. The number of aliphatic hydroxyl groups is 2. The van der Waals surface area contributed by atoms with Crippen molar-refractivity contribution in [3.05, 3.63) is 48.0 Å². The predicted octanol–water partition coefficient (Wildman–Crippen LogP) is 3.69. The number of hydrogen-bond donors (Lipinski definition) is 3. The van der Waals surface area contributed by atoms with Gasteiger partial charge in [0.25, 0.3) is 0 Å². The molecule has 36 heavy (non-hydrogen) atoms. The molecule has 0 spiro atoms. The lowest BCUT2D eigenvalue weighted by atomic mass is 9.93. The van der Waals surface area contributed by atoms with Gasteiger partial charge in [0.15, 0.2) is 0 Å². The van der Waals surface area contributed by atoms with Gasteiger partial charge in [0.05, 0.1) is 37.0 Å². The second kappa shape index (κ2) is 10.8. The molecular formula is C25H30ClN7O3. The number of hydrogen-bond acceptors (Lipinski definition) is 8. The van der Waals surface area contributed by atoms with Crippen molar-refractivity contribution in [1.82, 2.24) is 29.5 Å². The largest absolute Gasteiger partial charge is 0.474 e. The average Bonchev–Trinajstić information content (AvgIpc) is 3.49. The molecule has 0 bridgehead atoms. The van der Waals surface area contributed by atoms with E-state index in [1.165, 1.54) is 0 Å². The highest BCUT2D eigenvalue weighted by atomic mass is 35.5. The quantitative estimate of drug-likeness (QED) is 0.311. The van der Waals surface area contributed by atoms with E-state index in [0.29, 0.717) is 10.9 Å². The van der Waals surface area contributed by atoms with Crippen LogP contribution in [0.25, 0.3) is 22.2 Å². The topological polar surface area (TPSA) is 123 Å². The molecule has 1 aliphatic rings. The minimum Gasteiger partial charge on any atom is -0.474 e. The van der Waals surface area contributed by atoms with Gasteiger partial charge in [-0.05, 0) is 38.7 Å². The summed E-state index contributed by atoms with van der Waals surface area (Å²) in [6, 6.07) is 5.75. The van der Waals surface area contributed by atoms with Crippen molar-refractivity contribution in [2.45, 2.75) is 57.4 Å². The zero-order chi connectivity index (χ0) is 25.1. The minimum absolute atomic E-state index is 0.0867. The van der Waals surface area contributed by atoms with Gasteiger partial charge in [-0.1, -0.05) is 11.6 Å². The summed E-state index contributed by atoms with van der Waals surface area (Å²) in [5, 5.41) is 33.2. The fourth-order valence-electron chi connectivity index (χ4n) is 4.69. The number of ether oxygens (including phenoxy) is 1. The van der Waals surface area contributed by atoms with Gasteiger partial charge in [-0.25, -0.2) is 9.97 Å². The van der Waals surface area contributed by atoms with Crippen molar-refractivity contribution in [1.29, 1.82) is 0 Å². The van der Waals surface area contributed by atoms with Crippen molar-refractivity contribution in [3.8, 4) is 17.1 Å². The smallest absolute Gasteiger partial charge is 0.214 e. The van der Waals surface area contributed by atoms with Crippen molar-refractivity contribution < 1.29 is 14.9 Å². The number of nitrogens with one attached hydrogen (secondary N) is 1. The molecule has 5 rings (SSSR count). The van der Waals surface area contributed by atoms with E-state index >= 15 is 0 Å². The Hall–Kier alpha value is -3.21. The normalized spacial score (nSPS) is 18.9. The standard InChI is InChI=1S/C25H30ClN7O3/c1-2-27-23-10-22-21(12-29-23)25(16-11-30-32(13-16)14-19(35)15-34)31-33(22)18-3-5-20(6-4-18)36-24-9-17(26)7-8-28-24/h7-13,18-20,34-35H,2-6,14-15H2,1H3,(H,27,29)/t18?,19-,20?/m1/s1. The van der Waals surface area contributed by atoms with Gasteiger partial charge in [0.1, 0.15) is 17.6 Å². The number of aromatic nitrogens is 6. The SMILES string of the molecule is CCNc1cc2c(cn1)c(-c1cnn(C[C@@H](O)CO)c1)nn2C1CCC(Oc2cc(Cl)ccn2)CC1. The van der Waals surface area contributed by atoms with E-state index in [1.54, 1.807) is 29.2 Å². The fourth-order valence-corrected chi connectivity index (χ4v) is 4.84. The van der Waals surface area contributed by atoms with Crippen LogP contribution in [0.1, 0.15) is 38.6 Å². The Morgan fingerprint density at radius 2 is 2.03 bits per heavy atom. The van der Waals surface area contributed by atoms with E-state index in [1.807, 2.05) is 25.4 Å². The lowest BCUT2D eigenvalue weighted by molar-refractivity contribution is 0.0783. The van der Waals surface area contributed by atoms with Gasteiger partial charge in [-0.3, -0.25) is 9.36 Å². The van der Waals surface area contributed by atoms with Crippen molar-refractivity contribution in [2.24, 2.45) is 0 Å². The highest BCUT2D eigenvalue weighted by Gasteiger charge is 2.27. The van der Waals surface area contributed by atoms with Crippen LogP contribution in [0, 0.1) is 0 Å². The molecule has 0 unspecified atom stereocenters. The summed E-state index contributed by atoms with van der Waals surface area (Å²) in [6.07, 6.45) is 9.91. The molecule has 0 saturated heterocycles. The summed E-state index contributed by atoms with van der Waals surface area (Å²) in [5.74, 6) is 1.37. The Kier molecular flexibility index (Phi) is 7.35. The molecule has 1 aliphatic carbocycles. The van der Waals surface area contributed by atoms with Gasteiger partial charge in [-0.15, -0.1) is 0 Å². The van der Waals surface area contributed by atoms with E-state index in [-0.39, 0.29) is 25.3 Å². The molecule has 0 radical (unpaired) electrons. The van der Waals surface area contributed by atoms with Crippen molar-refractivity contribution in [3.63, 3.8) is 0 Å². The first-order chi connectivity index (χ1) is 17.5. The van der Waals surface area contributed by atoms with Gasteiger partial charge in [0, 0.05) is 53.2 Å². The van der Waals surface area contributed by atoms with Crippen LogP contribution in [0.4, 0.5) is 5.82 Å². The van der Waals surface area contributed by atoms with E-state index < -0.39 is 6.10 Å². The number of aliphatic hydroxyl groups excluding tert-OH is 2. The maximum Gasteiger partial charge on any atom is 0.214 e. The zero-order valence-electron chi connectivity index (χ0n) is 20.1. The highest BCUT2D eigenvalue weighted by molar-refractivity contribution is 6.30. The molecule has 190 valence electrons. The molecule has 4 aromatic heterocycles. The monoisotopic (exact) mass is 511 g/mol. The number of pyridine rings is 2. The van der Waals surface area contributed by atoms with Crippen LogP contribution in [0.5, 0.6) is 5.88 Å². The Balaban J connectivity index is 1.40. The van der Waals surface area contributed by atoms with Gasteiger partial charge in [-0.2, -0.15) is 10.2 Å². The second-order valence-electron chi connectivity index (χ2n) is 9.06. The molecule has 4 aromatic rings. The Bertz CT molecular complexity index is 1320. The molecule has 3 N–H and O–H groups in total.